The van der Waals surface area contributed by atoms with E-state index in [0.29, 0.717) is 0 Å². The van der Waals surface area contributed by atoms with Crippen LogP contribution < -0.4 is 16.6 Å². The second-order valence-corrected chi connectivity index (χ2v) is 3.33. The molecule has 15 heavy (non-hydrogen) atoms. The molecule has 4 nitrogen and oxygen atoms in total. The third-order valence-electron chi connectivity index (χ3n) is 2.38. The van der Waals surface area contributed by atoms with Crippen molar-refractivity contribution in [3.8, 4) is 0 Å². The number of anilines is 1. The quantitative estimate of drug-likeness (QED) is 0.524. The Hall–Kier alpha value is -0.810. The Morgan fingerprint density at radius 2 is 2.07 bits per heavy atom. The number of nitrogens with two attached hydrogens (primary N) is 1. The van der Waals surface area contributed by atoms with Crippen molar-refractivity contribution in [1.29, 1.82) is 0 Å². The molecule has 0 amide bonds. The molecule has 84 valence electrons. The zero-order valence-electron chi connectivity index (χ0n) is 8.40. The SMILES string of the molecule is Cl.NNc1ccc(C2CNCCO2)cc1. The first-order chi connectivity index (χ1) is 6.90. The summed E-state index contributed by atoms with van der Waals surface area (Å²) >= 11 is 0. The summed E-state index contributed by atoms with van der Waals surface area (Å²) in [6.07, 6.45) is 0.176. The van der Waals surface area contributed by atoms with Crippen molar-refractivity contribution in [1.82, 2.24) is 5.32 Å². The Kier molecular flexibility index (Phi) is 4.84. The zero-order chi connectivity index (χ0) is 9.80. The van der Waals surface area contributed by atoms with Crippen molar-refractivity contribution >= 4 is 18.1 Å². The van der Waals surface area contributed by atoms with Crippen molar-refractivity contribution in [3.63, 3.8) is 0 Å². The highest BCUT2D eigenvalue weighted by Crippen LogP contribution is 2.20. The van der Waals surface area contributed by atoms with Gasteiger partial charge in [-0.2, -0.15) is 0 Å². The van der Waals surface area contributed by atoms with Gasteiger partial charge >= 0.3 is 0 Å². The van der Waals surface area contributed by atoms with Crippen molar-refractivity contribution in [2.75, 3.05) is 25.1 Å². The number of halogens is 1. The van der Waals surface area contributed by atoms with Gasteiger partial charge in [-0.05, 0) is 17.7 Å². The number of benzene rings is 1. The fourth-order valence-corrected chi connectivity index (χ4v) is 1.57. The lowest BCUT2D eigenvalue weighted by Crippen LogP contribution is -2.33. The average molecular weight is 230 g/mol. The Bertz CT molecular complexity index is 285. The summed E-state index contributed by atoms with van der Waals surface area (Å²) in [5, 5.41) is 3.30. The molecule has 5 heteroatoms. The lowest BCUT2D eigenvalue weighted by molar-refractivity contribution is 0.0277. The van der Waals surface area contributed by atoms with E-state index in [1.54, 1.807) is 0 Å². The third kappa shape index (κ3) is 3.07. The molecule has 1 aliphatic heterocycles. The van der Waals surface area contributed by atoms with Gasteiger partial charge in [0.1, 0.15) is 0 Å². The third-order valence-corrected chi connectivity index (χ3v) is 2.38. The molecule has 1 unspecified atom stereocenters. The largest absolute Gasteiger partial charge is 0.371 e. The number of nitrogens with one attached hydrogen (secondary N) is 2. The van der Waals surface area contributed by atoms with Gasteiger partial charge in [-0.25, -0.2) is 0 Å². The molecule has 0 radical (unpaired) electrons. The maximum absolute atomic E-state index is 5.62. The summed E-state index contributed by atoms with van der Waals surface area (Å²) in [6.45, 7) is 2.61. The summed E-state index contributed by atoms with van der Waals surface area (Å²) in [5.74, 6) is 5.28. The van der Waals surface area contributed by atoms with Crippen LogP contribution >= 0.6 is 12.4 Å². The van der Waals surface area contributed by atoms with E-state index in [9.17, 15) is 0 Å². The van der Waals surface area contributed by atoms with Gasteiger partial charge in [-0.3, -0.25) is 5.84 Å². The molecule has 1 aromatic rings. The van der Waals surface area contributed by atoms with Gasteiger partial charge in [-0.1, -0.05) is 12.1 Å². The maximum atomic E-state index is 5.62. The summed E-state index contributed by atoms with van der Waals surface area (Å²) in [5.41, 5.74) is 4.71. The fraction of sp³-hybridized carbons (Fsp3) is 0.400. The summed E-state index contributed by atoms with van der Waals surface area (Å²) in [6, 6.07) is 7.97. The van der Waals surface area contributed by atoms with Gasteiger partial charge in [0.15, 0.2) is 0 Å². The number of hydrogen-bond acceptors (Lipinski definition) is 4. The number of morpholine rings is 1. The number of nitrogen functional groups attached to an aromatic ring is 1. The van der Waals surface area contributed by atoms with Gasteiger partial charge in [0, 0.05) is 18.8 Å². The Balaban J connectivity index is 0.00000112. The lowest BCUT2D eigenvalue weighted by Gasteiger charge is -2.24. The molecule has 0 aromatic heterocycles. The van der Waals surface area contributed by atoms with Gasteiger partial charge < -0.3 is 15.5 Å². The fourth-order valence-electron chi connectivity index (χ4n) is 1.57. The van der Waals surface area contributed by atoms with Crippen LogP contribution in [0.5, 0.6) is 0 Å². The van der Waals surface area contributed by atoms with E-state index in [-0.39, 0.29) is 18.5 Å². The molecule has 1 atom stereocenters. The van der Waals surface area contributed by atoms with Crippen LogP contribution in [0, 0.1) is 0 Å². The number of rotatable bonds is 2. The first-order valence-corrected chi connectivity index (χ1v) is 4.79. The van der Waals surface area contributed by atoms with E-state index in [2.05, 4.69) is 10.7 Å². The van der Waals surface area contributed by atoms with Gasteiger partial charge in [0.2, 0.25) is 0 Å². The van der Waals surface area contributed by atoms with Crippen LogP contribution in [0.1, 0.15) is 11.7 Å². The number of hydrazine groups is 1. The van der Waals surface area contributed by atoms with Crippen molar-refractivity contribution in [3.05, 3.63) is 29.8 Å². The lowest BCUT2D eigenvalue weighted by atomic mass is 10.1. The standard InChI is InChI=1S/C10H15N3O.ClH/c11-13-9-3-1-8(2-4-9)10-7-12-5-6-14-10;/h1-4,10,12-13H,5-7,11H2;1H. The van der Waals surface area contributed by atoms with Crippen LogP contribution in [-0.4, -0.2) is 19.7 Å². The second kappa shape index (κ2) is 5.92. The predicted molar refractivity (Wildman–Crippen MR) is 63.1 cm³/mol. The van der Waals surface area contributed by atoms with E-state index in [4.69, 9.17) is 10.6 Å². The van der Waals surface area contributed by atoms with E-state index in [0.717, 1.165) is 25.4 Å². The summed E-state index contributed by atoms with van der Waals surface area (Å²) < 4.78 is 5.62. The average Bonchev–Trinajstić information content (AvgIpc) is 2.30. The molecular formula is C10H16ClN3O. The minimum absolute atomic E-state index is 0. The van der Waals surface area contributed by atoms with Crippen LogP contribution in [-0.2, 0) is 4.74 Å². The number of ether oxygens (including phenoxy) is 1. The molecule has 1 aliphatic rings. The minimum atomic E-state index is 0. The summed E-state index contributed by atoms with van der Waals surface area (Å²) in [7, 11) is 0. The molecule has 1 heterocycles. The molecule has 0 bridgehead atoms. The smallest absolute Gasteiger partial charge is 0.0949 e. The highest BCUT2D eigenvalue weighted by molar-refractivity contribution is 5.85. The maximum Gasteiger partial charge on any atom is 0.0949 e. The normalized spacial score (nSPS) is 20.5. The van der Waals surface area contributed by atoms with Crippen LogP contribution in [0.25, 0.3) is 0 Å². The highest BCUT2D eigenvalue weighted by Gasteiger charge is 2.14. The van der Waals surface area contributed by atoms with Crippen molar-refractivity contribution in [2.24, 2.45) is 5.84 Å². The molecule has 4 N–H and O–H groups in total. The van der Waals surface area contributed by atoms with Crippen LogP contribution in [0.2, 0.25) is 0 Å². The van der Waals surface area contributed by atoms with Gasteiger partial charge in [0.05, 0.1) is 12.7 Å². The number of hydrogen-bond donors (Lipinski definition) is 3. The zero-order valence-corrected chi connectivity index (χ0v) is 9.22. The Labute approximate surface area is 95.6 Å². The van der Waals surface area contributed by atoms with Crippen LogP contribution in [0.4, 0.5) is 5.69 Å². The molecule has 0 spiro atoms. The summed E-state index contributed by atoms with van der Waals surface area (Å²) in [4.78, 5) is 0. The van der Waals surface area contributed by atoms with E-state index < -0.39 is 0 Å². The molecule has 2 rings (SSSR count). The molecule has 1 fully saturated rings. The second-order valence-electron chi connectivity index (χ2n) is 3.33. The Morgan fingerprint density at radius 1 is 1.33 bits per heavy atom. The van der Waals surface area contributed by atoms with Gasteiger partial charge in [0.25, 0.3) is 0 Å². The van der Waals surface area contributed by atoms with Crippen LogP contribution in [0.15, 0.2) is 24.3 Å². The highest BCUT2D eigenvalue weighted by atomic mass is 35.5. The van der Waals surface area contributed by atoms with Crippen LogP contribution in [0.3, 0.4) is 0 Å². The first-order valence-electron chi connectivity index (χ1n) is 4.79. The Morgan fingerprint density at radius 3 is 2.60 bits per heavy atom. The molecule has 1 aromatic carbocycles. The van der Waals surface area contributed by atoms with E-state index in [1.165, 1.54) is 5.56 Å². The molecule has 1 saturated heterocycles. The molecular weight excluding hydrogens is 214 g/mol. The van der Waals surface area contributed by atoms with Crippen molar-refractivity contribution < 1.29 is 4.74 Å². The topological polar surface area (TPSA) is 59.3 Å². The molecule has 0 aliphatic carbocycles. The minimum Gasteiger partial charge on any atom is -0.371 e. The first kappa shape index (κ1) is 12.3. The van der Waals surface area contributed by atoms with Crippen molar-refractivity contribution in [2.45, 2.75) is 6.10 Å². The predicted octanol–water partition coefficient (Wildman–Crippen LogP) is 1.05. The van der Waals surface area contributed by atoms with E-state index in [1.807, 2.05) is 24.3 Å². The van der Waals surface area contributed by atoms with E-state index >= 15 is 0 Å². The molecule has 0 saturated carbocycles. The monoisotopic (exact) mass is 229 g/mol. The van der Waals surface area contributed by atoms with Gasteiger partial charge in [-0.15, -0.1) is 12.4 Å².